The molecule has 0 atom stereocenters. The lowest BCUT2D eigenvalue weighted by molar-refractivity contribution is 1.04. The van der Waals surface area contributed by atoms with Gasteiger partial charge in [0.25, 0.3) is 0 Å². The fourth-order valence-electron chi connectivity index (χ4n) is 5.67. The predicted octanol–water partition coefficient (Wildman–Crippen LogP) is 9.01. The van der Waals surface area contributed by atoms with Gasteiger partial charge in [0.1, 0.15) is 0 Å². The number of aryl methyl sites for hydroxylation is 1. The van der Waals surface area contributed by atoms with Crippen LogP contribution >= 0.6 is 0 Å². The van der Waals surface area contributed by atoms with Crippen molar-refractivity contribution in [1.82, 2.24) is 9.13 Å². The Hall–Kier alpha value is -4.56. The molecule has 0 saturated heterocycles. The van der Waals surface area contributed by atoms with Gasteiger partial charge in [-0.1, -0.05) is 72.8 Å². The molecule has 0 amide bonds. The first-order valence-electron chi connectivity index (χ1n) is 12.5. The maximum absolute atomic E-state index is 2.38. The number of fused-ring (bicyclic) bond motifs is 4. The first kappa shape index (κ1) is 20.8. The molecule has 36 heavy (non-hydrogen) atoms. The summed E-state index contributed by atoms with van der Waals surface area (Å²) in [5, 5.41) is 3.86. The lowest BCUT2D eigenvalue weighted by Crippen LogP contribution is -1.96. The molecule has 2 aromatic heterocycles. The van der Waals surface area contributed by atoms with E-state index in [9.17, 15) is 0 Å². The van der Waals surface area contributed by atoms with Gasteiger partial charge in [-0.3, -0.25) is 0 Å². The molecule has 0 fully saturated rings. The van der Waals surface area contributed by atoms with Crippen molar-refractivity contribution in [1.29, 1.82) is 0 Å². The number of para-hydroxylation sites is 3. The van der Waals surface area contributed by atoms with Gasteiger partial charge >= 0.3 is 0 Å². The first-order valence-corrected chi connectivity index (χ1v) is 12.5. The molecule has 5 aromatic carbocycles. The molecule has 0 aliphatic rings. The van der Waals surface area contributed by atoms with E-state index in [1.54, 1.807) is 0 Å². The summed E-state index contributed by atoms with van der Waals surface area (Å²) in [5.74, 6) is 0. The van der Waals surface area contributed by atoms with Crippen LogP contribution in [-0.2, 0) is 0 Å². The SMILES string of the molecule is Cc1c(C)n(-c2ccccc2)c2ccc(-c3ccc4c5ccccc5n(-c5ccccc5)c4c3)cc12. The molecular formula is C34H26N2. The number of rotatable bonds is 3. The third-order valence-corrected chi connectivity index (χ3v) is 7.56. The summed E-state index contributed by atoms with van der Waals surface area (Å²) in [6, 6.07) is 43.8. The maximum atomic E-state index is 2.38. The van der Waals surface area contributed by atoms with Crippen LogP contribution in [0.4, 0.5) is 0 Å². The number of hydrogen-bond acceptors (Lipinski definition) is 0. The summed E-state index contributed by atoms with van der Waals surface area (Å²) in [7, 11) is 0. The Labute approximate surface area is 210 Å². The van der Waals surface area contributed by atoms with Crippen molar-refractivity contribution >= 4 is 32.7 Å². The second-order valence-electron chi connectivity index (χ2n) is 9.53. The van der Waals surface area contributed by atoms with Gasteiger partial charge in [-0.2, -0.15) is 0 Å². The van der Waals surface area contributed by atoms with Crippen LogP contribution < -0.4 is 0 Å². The highest BCUT2D eigenvalue weighted by Gasteiger charge is 2.15. The molecule has 2 heterocycles. The standard InChI is InChI=1S/C34H26N2/c1-23-24(2)35(27-11-5-3-6-12-27)33-20-18-25(21-31(23)33)26-17-19-30-29-15-9-10-16-32(29)36(34(30)22-26)28-13-7-4-8-14-28/h3-22H,1-2H3. The number of aromatic nitrogens is 2. The first-order chi connectivity index (χ1) is 17.7. The average Bonchev–Trinajstić information content (AvgIpc) is 3.40. The van der Waals surface area contributed by atoms with Gasteiger partial charge in [0, 0.05) is 33.2 Å². The summed E-state index contributed by atoms with van der Waals surface area (Å²) in [5.41, 5.74) is 11.2. The Balaban J connectivity index is 1.45. The van der Waals surface area contributed by atoms with E-state index < -0.39 is 0 Å². The Morgan fingerprint density at radius 2 is 0.972 bits per heavy atom. The van der Waals surface area contributed by atoms with Crippen LogP contribution in [0.15, 0.2) is 121 Å². The van der Waals surface area contributed by atoms with E-state index in [0.29, 0.717) is 0 Å². The van der Waals surface area contributed by atoms with Gasteiger partial charge in [0.15, 0.2) is 0 Å². The minimum absolute atomic E-state index is 1.18. The molecule has 0 unspecified atom stereocenters. The van der Waals surface area contributed by atoms with E-state index in [1.165, 1.54) is 66.5 Å². The molecule has 7 rings (SSSR count). The Bertz CT molecular complexity index is 1890. The quantitative estimate of drug-likeness (QED) is 0.248. The fourth-order valence-corrected chi connectivity index (χ4v) is 5.67. The van der Waals surface area contributed by atoms with Crippen molar-refractivity contribution in [2.75, 3.05) is 0 Å². The molecule has 2 nitrogen and oxygen atoms in total. The molecule has 0 spiro atoms. The van der Waals surface area contributed by atoms with Crippen molar-refractivity contribution in [3.05, 3.63) is 133 Å². The van der Waals surface area contributed by atoms with E-state index >= 15 is 0 Å². The van der Waals surface area contributed by atoms with Gasteiger partial charge in [-0.25, -0.2) is 0 Å². The van der Waals surface area contributed by atoms with Crippen molar-refractivity contribution in [3.8, 4) is 22.5 Å². The van der Waals surface area contributed by atoms with Gasteiger partial charge in [-0.05, 0) is 79.1 Å². The molecule has 2 heteroatoms. The van der Waals surface area contributed by atoms with Crippen molar-refractivity contribution in [2.45, 2.75) is 13.8 Å². The zero-order valence-electron chi connectivity index (χ0n) is 20.4. The smallest absolute Gasteiger partial charge is 0.0547 e. The third kappa shape index (κ3) is 3.04. The number of hydrogen-bond donors (Lipinski definition) is 0. The van der Waals surface area contributed by atoms with Crippen LogP contribution in [0, 0.1) is 13.8 Å². The van der Waals surface area contributed by atoms with E-state index in [-0.39, 0.29) is 0 Å². The Morgan fingerprint density at radius 3 is 1.72 bits per heavy atom. The Kier molecular flexibility index (Phi) is 4.62. The molecule has 172 valence electrons. The Morgan fingerprint density at radius 1 is 0.417 bits per heavy atom. The van der Waals surface area contributed by atoms with Crippen molar-refractivity contribution in [3.63, 3.8) is 0 Å². The molecule has 0 bridgehead atoms. The largest absolute Gasteiger partial charge is 0.314 e. The fraction of sp³-hybridized carbons (Fsp3) is 0.0588. The molecule has 0 aliphatic heterocycles. The van der Waals surface area contributed by atoms with Gasteiger partial charge in [0.2, 0.25) is 0 Å². The predicted molar refractivity (Wildman–Crippen MR) is 153 cm³/mol. The minimum Gasteiger partial charge on any atom is -0.314 e. The molecule has 0 saturated carbocycles. The monoisotopic (exact) mass is 462 g/mol. The van der Waals surface area contributed by atoms with Crippen LogP contribution in [0.5, 0.6) is 0 Å². The van der Waals surface area contributed by atoms with Gasteiger partial charge < -0.3 is 9.13 Å². The van der Waals surface area contributed by atoms with Crippen LogP contribution in [0.2, 0.25) is 0 Å². The highest BCUT2D eigenvalue weighted by Crippen LogP contribution is 2.36. The van der Waals surface area contributed by atoms with Crippen LogP contribution in [0.3, 0.4) is 0 Å². The van der Waals surface area contributed by atoms with E-state index in [4.69, 9.17) is 0 Å². The second-order valence-corrected chi connectivity index (χ2v) is 9.53. The lowest BCUT2D eigenvalue weighted by Gasteiger charge is -2.10. The number of nitrogens with zero attached hydrogens (tertiary/aromatic N) is 2. The van der Waals surface area contributed by atoms with Crippen molar-refractivity contribution < 1.29 is 0 Å². The second kappa shape index (κ2) is 8.00. The van der Waals surface area contributed by atoms with Gasteiger partial charge in [0.05, 0.1) is 16.6 Å². The zero-order valence-corrected chi connectivity index (χ0v) is 20.4. The summed E-state index contributed by atoms with van der Waals surface area (Å²) in [6.07, 6.45) is 0. The zero-order chi connectivity index (χ0) is 24.2. The highest BCUT2D eigenvalue weighted by atomic mass is 15.0. The number of benzene rings is 5. The molecule has 7 aromatic rings. The summed E-state index contributed by atoms with van der Waals surface area (Å²) in [6.45, 7) is 4.45. The molecular weight excluding hydrogens is 436 g/mol. The van der Waals surface area contributed by atoms with E-state index in [1.807, 2.05) is 0 Å². The summed E-state index contributed by atoms with van der Waals surface area (Å²) in [4.78, 5) is 0. The van der Waals surface area contributed by atoms with E-state index in [0.717, 1.165) is 0 Å². The summed E-state index contributed by atoms with van der Waals surface area (Å²) >= 11 is 0. The average molecular weight is 463 g/mol. The van der Waals surface area contributed by atoms with Crippen LogP contribution in [-0.4, -0.2) is 9.13 Å². The summed E-state index contributed by atoms with van der Waals surface area (Å²) < 4.78 is 4.75. The molecule has 0 aliphatic carbocycles. The van der Waals surface area contributed by atoms with Crippen LogP contribution in [0.1, 0.15) is 11.3 Å². The topological polar surface area (TPSA) is 9.86 Å². The van der Waals surface area contributed by atoms with E-state index in [2.05, 4.69) is 144 Å². The molecule has 0 N–H and O–H groups in total. The van der Waals surface area contributed by atoms with Crippen molar-refractivity contribution in [2.24, 2.45) is 0 Å². The lowest BCUT2D eigenvalue weighted by atomic mass is 10.0. The van der Waals surface area contributed by atoms with Gasteiger partial charge in [-0.15, -0.1) is 0 Å². The highest BCUT2D eigenvalue weighted by molar-refractivity contribution is 6.10. The molecule has 0 radical (unpaired) electrons. The van der Waals surface area contributed by atoms with Crippen LogP contribution in [0.25, 0.3) is 55.2 Å². The minimum atomic E-state index is 1.18. The third-order valence-electron chi connectivity index (χ3n) is 7.56. The maximum Gasteiger partial charge on any atom is 0.0547 e. The normalized spacial score (nSPS) is 11.6.